The molecule has 1 aliphatic heterocycles. The number of nitrogens with one attached hydrogen (secondary N) is 1. The van der Waals surface area contributed by atoms with Crippen molar-refractivity contribution in [3.05, 3.63) is 0 Å². The van der Waals surface area contributed by atoms with E-state index in [2.05, 4.69) is 12.3 Å². The minimum atomic E-state index is -0.140. The predicted molar refractivity (Wildman–Crippen MR) is 62.6 cm³/mol. The topological polar surface area (TPSA) is 67.6 Å². The van der Waals surface area contributed by atoms with Crippen LogP contribution in [0.4, 0.5) is 0 Å². The second-order valence-corrected chi connectivity index (χ2v) is 4.39. The van der Waals surface area contributed by atoms with Crippen LogP contribution < -0.4 is 11.3 Å². The van der Waals surface area contributed by atoms with Crippen molar-refractivity contribution in [3.8, 4) is 0 Å². The van der Waals surface area contributed by atoms with Gasteiger partial charge in [-0.05, 0) is 26.3 Å². The van der Waals surface area contributed by atoms with Crippen molar-refractivity contribution >= 4 is 5.91 Å². The molecule has 1 amide bonds. The molecule has 94 valence electrons. The fourth-order valence-corrected chi connectivity index (χ4v) is 2.16. The van der Waals surface area contributed by atoms with Crippen molar-refractivity contribution in [2.24, 2.45) is 5.84 Å². The van der Waals surface area contributed by atoms with E-state index < -0.39 is 0 Å². The van der Waals surface area contributed by atoms with Gasteiger partial charge in [0.2, 0.25) is 0 Å². The monoisotopic (exact) mass is 229 g/mol. The van der Waals surface area contributed by atoms with Crippen LogP contribution in [-0.4, -0.2) is 43.2 Å². The van der Waals surface area contributed by atoms with E-state index in [9.17, 15) is 4.79 Å². The molecule has 2 atom stereocenters. The number of ether oxygens (including phenoxy) is 1. The van der Waals surface area contributed by atoms with Gasteiger partial charge in [0.05, 0.1) is 12.1 Å². The first kappa shape index (κ1) is 13.4. The van der Waals surface area contributed by atoms with Crippen LogP contribution in [0.3, 0.4) is 0 Å². The number of hydrogen-bond donors (Lipinski definition) is 2. The molecule has 1 aliphatic rings. The van der Waals surface area contributed by atoms with Gasteiger partial charge in [0.25, 0.3) is 5.91 Å². The first-order valence-electron chi connectivity index (χ1n) is 6.01. The average Bonchev–Trinajstić information content (AvgIpc) is 2.77. The lowest BCUT2D eigenvalue weighted by atomic mass is 10.1. The Balaban J connectivity index is 2.45. The molecule has 0 aromatic rings. The highest BCUT2D eigenvalue weighted by Crippen LogP contribution is 2.15. The summed E-state index contributed by atoms with van der Waals surface area (Å²) in [6.45, 7) is 3.72. The van der Waals surface area contributed by atoms with E-state index in [4.69, 9.17) is 10.6 Å². The average molecular weight is 229 g/mol. The quantitative estimate of drug-likeness (QED) is 0.389. The number of hydrogen-bond acceptors (Lipinski definition) is 4. The van der Waals surface area contributed by atoms with Crippen molar-refractivity contribution in [1.29, 1.82) is 0 Å². The van der Waals surface area contributed by atoms with Gasteiger partial charge in [0.15, 0.2) is 0 Å². The van der Waals surface area contributed by atoms with Crippen LogP contribution in [0.2, 0.25) is 0 Å². The maximum atomic E-state index is 11.6. The Bertz CT molecular complexity index is 217. The molecule has 0 aromatic heterocycles. The van der Waals surface area contributed by atoms with Crippen LogP contribution in [0.15, 0.2) is 0 Å². The van der Waals surface area contributed by atoms with Crippen LogP contribution in [-0.2, 0) is 9.53 Å². The summed E-state index contributed by atoms with van der Waals surface area (Å²) in [7, 11) is 1.96. The summed E-state index contributed by atoms with van der Waals surface area (Å²) >= 11 is 0. The van der Waals surface area contributed by atoms with Crippen LogP contribution >= 0.6 is 0 Å². The number of carbonyl (C=O) groups is 1. The summed E-state index contributed by atoms with van der Waals surface area (Å²) in [6.07, 6.45) is 4.28. The summed E-state index contributed by atoms with van der Waals surface area (Å²) < 4.78 is 5.56. The van der Waals surface area contributed by atoms with E-state index in [0.29, 0.717) is 0 Å². The normalized spacial score (nSPS) is 22.4. The zero-order valence-electron chi connectivity index (χ0n) is 10.2. The van der Waals surface area contributed by atoms with Crippen LogP contribution in [0.5, 0.6) is 0 Å². The van der Waals surface area contributed by atoms with E-state index in [1.54, 1.807) is 0 Å². The van der Waals surface area contributed by atoms with Gasteiger partial charge >= 0.3 is 0 Å². The lowest BCUT2D eigenvalue weighted by Crippen LogP contribution is -2.49. The fourth-order valence-electron chi connectivity index (χ4n) is 2.16. The molecule has 0 bridgehead atoms. The number of likely N-dealkylation sites (N-methyl/N-ethyl adjacent to an activating group) is 1. The van der Waals surface area contributed by atoms with E-state index in [0.717, 1.165) is 38.8 Å². The number of nitrogens with two attached hydrogens (primary N) is 1. The highest BCUT2D eigenvalue weighted by molar-refractivity contribution is 5.81. The molecule has 2 unspecified atom stereocenters. The smallest absolute Gasteiger partial charge is 0.251 e. The predicted octanol–water partition coefficient (Wildman–Crippen LogP) is 0.256. The molecule has 5 nitrogen and oxygen atoms in total. The van der Waals surface area contributed by atoms with Gasteiger partial charge in [0.1, 0.15) is 0 Å². The van der Waals surface area contributed by atoms with Crippen molar-refractivity contribution in [1.82, 2.24) is 10.3 Å². The van der Waals surface area contributed by atoms with Gasteiger partial charge < -0.3 is 4.74 Å². The minimum Gasteiger partial charge on any atom is -0.377 e. The van der Waals surface area contributed by atoms with Gasteiger partial charge in [-0.15, -0.1) is 0 Å². The number of nitrogens with zero attached hydrogens (tertiary/aromatic N) is 1. The van der Waals surface area contributed by atoms with Gasteiger partial charge in [-0.2, -0.15) is 0 Å². The highest BCUT2D eigenvalue weighted by atomic mass is 16.5. The summed E-state index contributed by atoms with van der Waals surface area (Å²) in [5.74, 6) is 5.08. The molecule has 5 heteroatoms. The third kappa shape index (κ3) is 3.73. The summed E-state index contributed by atoms with van der Waals surface area (Å²) in [6, 6.07) is -0.140. The highest BCUT2D eigenvalue weighted by Gasteiger charge is 2.25. The lowest BCUT2D eigenvalue weighted by Gasteiger charge is -2.28. The molecule has 0 aliphatic carbocycles. The van der Waals surface area contributed by atoms with E-state index >= 15 is 0 Å². The third-order valence-corrected chi connectivity index (χ3v) is 3.05. The van der Waals surface area contributed by atoms with E-state index in [1.807, 2.05) is 11.9 Å². The fraction of sp³-hybridized carbons (Fsp3) is 0.909. The van der Waals surface area contributed by atoms with Gasteiger partial charge in [-0.25, -0.2) is 5.84 Å². The van der Waals surface area contributed by atoms with Crippen LogP contribution in [0, 0.1) is 0 Å². The molecular formula is C11H23N3O2. The van der Waals surface area contributed by atoms with Crippen molar-refractivity contribution in [2.75, 3.05) is 20.2 Å². The molecule has 1 heterocycles. The standard InChI is InChI=1S/C11H23N3O2/c1-3-5-10(11(15)13-12)14(2)8-9-6-4-7-16-9/h9-10H,3-8,12H2,1-2H3,(H,13,15). The van der Waals surface area contributed by atoms with Gasteiger partial charge in [-0.3, -0.25) is 15.1 Å². The molecule has 0 aromatic carbocycles. The van der Waals surface area contributed by atoms with Crippen molar-refractivity contribution in [3.63, 3.8) is 0 Å². The van der Waals surface area contributed by atoms with Crippen LogP contribution in [0.25, 0.3) is 0 Å². The van der Waals surface area contributed by atoms with Gasteiger partial charge in [-0.1, -0.05) is 13.3 Å². The Morgan fingerprint density at radius 3 is 2.94 bits per heavy atom. The molecule has 1 fully saturated rings. The van der Waals surface area contributed by atoms with Crippen LogP contribution in [0.1, 0.15) is 32.6 Å². The molecular weight excluding hydrogens is 206 g/mol. The Morgan fingerprint density at radius 2 is 2.44 bits per heavy atom. The molecule has 1 rings (SSSR count). The molecule has 3 N–H and O–H groups in total. The Hall–Kier alpha value is -0.650. The minimum absolute atomic E-state index is 0.109. The first-order chi connectivity index (χ1) is 7.69. The van der Waals surface area contributed by atoms with Crippen molar-refractivity contribution < 1.29 is 9.53 Å². The Morgan fingerprint density at radius 1 is 1.69 bits per heavy atom. The summed E-state index contributed by atoms with van der Waals surface area (Å²) in [5, 5.41) is 0. The SMILES string of the molecule is CCCC(C(=O)NN)N(C)CC1CCCO1. The summed E-state index contributed by atoms with van der Waals surface area (Å²) in [5.41, 5.74) is 2.23. The van der Waals surface area contributed by atoms with Crippen molar-refractivity contribution in [2.45, 2.75) is 44.8 Å². The second-order valence-electron chi connectivity index (χ2n) is 4.39. The molecule has 1 saturated heterocycles. The molecule has 16 heavy (non-hydrogen) atoms. The van der Waals surface area contributed by atoms with E-state index in [-0.39, 0.29) is 18.1 Å². The zero-order chi connectivity index (χ0) is 12.0. The van der Waals surface area contributed by atoms with Gasteiger partial charge in [0, 0.05) is 13.2 Å². The Kier molecular flexibility index (Phi) is 5.73. The number of hydrazine groups is 1. The number of carbonyl (C=O) groups excluding carboxylic acids is 1. The first-order valence-corrected chi connectivity index (χ1v) is 6.01. The van der Waals surface area contributed by atoms with E-state index in [1.165, 1.54) is 0 Å². The third-order valence-electron chi connectivity index (χ3n) is 3.05. The molecule has 0 spiro atoms. The summed E-state index contributed by atoms with van der Waals surface area (Å²) in [4.78, 5) is 13.6. The second kappa shape index (κ2) is 6.83. The molecule has 0 radical (unpaired) electrons. The largest absolute Gasteiger partial charge is 0.377 e. The number of amides is 1. The molecule has 0 saturated carbocycles. The lowest BCUT2D eigenvalue weighted by molar-refractivity contribution is -0.126. The maximum absolute atomic E-state index is 11.6. The Labute approximate surface area is 97.3 Å². The zero-order valence-corrected chi connectivity index (χ0v) is 10.2. The number of rotatable bonds is 6. The maximum Gasteiger partial charge on any atom is 0.251 e.